The molecule has 3 aliphatic rings. The molecule has 64 heavy (non-hydrogen) atoms. The van der Waals surface area contributed by atoms with E-state index in [-0.39, 0.29) is 34.2 Å². The molecule has 3 saturated heterocycles. The van der Waals surface area contributed by atoms with E-state index in [1.165, 1.54) is 62.4 Å². The molecule has 1 aromatic heterocycles. The first-order valence-corrected chi connectivity index (χ1v) is 19.7. The van der Waals surface area contributed by atoms with Crippen LogP contribution in [0.25, 0.3) is 28.4 Å². The van der Waals surface area contributed by atoms with Gasteiger partial charge >= 0.3 is 5.97 Å². The predicted octanol–water partition coefficient (Wildman–Crippen LogP) is -1.22. The molecule has 12 N–H and O–H groups in total. The molecular formula is C42H46O22. The van der Waals surface area contributed by atoms with Crippen molar-refractivity contribution in [3.05, 3.63) is 76.5 Å². The molecule has 0 unspecified atom stereocenters. The van der Waals surface area contributed by atoms with Crippen LogP contribution in [0.5, 0.6) is 34.5 Å². The molecule has 0 spiro atoms. The number of carbonyl (C=O) groups excluding carboxylic acids is 1. The van der Waals surface area contributed by atoms with Gasteiger partial charge in [-0.3, -0.25) is 4.79 Å². The molecule has 3 fully saturated rings. The monoisotopic (exact) mass is 902 g/mol. The van der Waals surface area contributed by atoms with Crippen molar-refractivity contribution in [1.82, 2.24) is 0 Å². The van der Waals surface area contributed by atoms with E-state index in [9.17, 15) is 70.9 Å². The lowest BCUT2D eigenvalue weighted by Crippen LogP contribution is -2.64. The van der Waals surface area contributed by atoms with Crippen LogP contribution in [0, 0.1) is 0 Å². The van der Waals surface area contributed by atoms with E-state index in [4.69, 9.17) is 37.6 Å². The number of ether oxygens (including phenoxy) is 7. The van der Waals surface area contributed by atoms with Crippen molar-refractivity contribution in [3.63, 3.8) is 0 Å². The summed E-state index contributed by atoms with van der Waals surface area (Å²) in [6.45, 7) is 2.05. The highest BCUT2D eigenvalue weighted by Gasteiger charge is 2.51. The van der Waals surface area contributed by atoms with Crippen LogP contribution in [0.4, 0.5) is 0 Å². The van der Waals surface area contributed by atoms with Crippen LogP contribution in [-0.2, 0) is 28.5 Å². The molecule has 0 radical (unpaired) electrons. The first kappa shape index (κ1) is 46.4. The zero-order valence-electron chi connectivity index (χ0n) is 33.7. The van der Waals surface area contributed by atoms with Crippen molar-refractivity contribution < 1.29 is 104 Å². The van der Waals surface area contributed by atoms with Gasteiger partial charge < -0.3 is 98.9 Å². The van der Waals surface area contributed by atoms with Gasteiger partial charge in [0.25, 0.3) is 0 Å². The Morgan fingerprint density at radius 1 is 0.656 bits per heavy atom. The fourth-order valence-corrected chi connectivity index (χ4v) is 7.18. The maximum Gasteiger partial charge on any atom is 0.330 e. The first-order chi connectivity index (χ1) is 30.3. The number of aliphatic hydroxyl groups excluding tert-OH is 8. The predicted molar refractivity (Wildman–Crippen MR) is 213 cm³/mol. The molecule has 3 aromatic carbocycles. The summed E-state index contributed by atoms with van der Waals surface area (Å²) in [5.74, 6) is -3.95. The topological polar surface area (TPSA) is 355 Å². The van der Waals surface area contributed by atoms with Crippen molar-refractivity contribution in [2.45, 2.75) is 106 Å². The lowest BCUT2D eigenvalue weighted by Gasteiger charge is -2.45. The van der Waals surface area contributed by atoms with Crippen LogP contribution in [-0.4, -0.2) is 166 Å². The Hall–Kier alpha value is -5.60. The maximum absolute atomic E-state index is 14.4. The first-order valence-electron chi connectivity index (χ1n) is 19.7. The molecule has 22 nitrogen and oxygen atoms in total. The lowest BCUT2D eigenvalue weighted by atomic mass is 9.97. The second kappa shape index (κ2) is 18.9. The highest BCUT2D eigenvalue weighted by molar-refractivity contribution is 5.88. The van der Waals surface area contributed by atoms with E-state index in [1.54, 1.807) is 0 Å². The van der Waals surface area contributed by atoms with Gasteiger partial charge in [0.15, 0.2) is 29.7 Å². The van der Waals surface area contributed by atoms with Gasteiger partial charge in [-0.15, -0.1) is 0 Å². The van der Waals surface area contributed by atoms with Gasteiger partial charge in [-0.1, -0.05) is 6.07 Å². The average Bonchev–Trinajstić information content (AvgIpc) is 3.26. The van der Waals surface area contributed by atoms with Gasteiger partial charge in [0.05, 0.1) is 12.2 Å². The fourth-order valence-electron chi connectivity index (χ4n) is 7.18. The van der Waals surface area contributed by atoms with E-state index in [0.717, 1.165) is 18.2 Å². The number of esters is 1. The summed E-state index contributed by atoms with van der Waals surface area (Å²) in [7, 11) is 0. The molecule has 0 aliphatic carbocycles. The Labute approximate surface area is 361 Å². The van der Waals surface area contributed by atoms with Crippen molar-refractivity contribution in [2.24, 2.45) is 0 Å². The van der Waals surface area contributed by atoms with Crippen LogP contribution < -0.4 is 14.9 Å². The standard InChI is InChI=1S/C42H46O22/c1-15-28(48)32(52)35(55)40(58-15)60-20-12-23(46)27-24(13-20)61-37(18-5-7-19(43)8-6-18)38(31(27)51)63-42-39(34(54)29(49)16(2)59-42)64-41-36(56)33(53)30(50)25(62-41)14-57-26(47)10-4-17-3-9-21(44)22(45)11-17/h3-13,15-16,25,28-30,32-36,39-46,48-50,52-56H,14H2,1-2H3/b10-4+/t15-,16-,25+,28-,29-,30-,32+,33+,34+,35+,36+,39+,40-,41-,42-/m0/s1. The number of benzene rings is 3. The second-order valence-electron chi connectivity index (χ2n) is 15.4. The average molecular weight is 903 g/mol. The molecular weight excluding hydrogens is 856 g/mol. The number of aromatic hydroxyl groups is 4. The van der Waals surface area contributed by atoms with E-state index in [0.29, 0.717) is 5.56 Å². The number of hydrogen-bond acceptors (Lipinski definition) is 22. The van der Waals surface area contributed by atoms with Gasteiger partial charge in [0, 0.05) is 23.8 Å². The third-order valence-corrected chi connectivity index (χ3v) is 10.9. The molecule has 4 heterocycles. The Bertz CT molecular complexity index is 2390. The third kappa shape index (κ3) is 9.44. The number of fused-ring (bicyclic) bond motifs is 1. The second-order valence-corrected chi connectivity index (χ2v) is 15.4. The van der Waals surface area contributed by atoms with Gasteiger partial charge in [-0.2, -0.15) is 0 Å². The van der Waals surface area contributed by atoms with E-state index < -0.39 is 133 Å². The minimum atomic E-state index is -2.04. The Kier molecular flexibility index (Phi) is 13.7. The molecule has 22 heteroatoms. The van der Waals surface area contributed by atoms with E-state index in [2.05, 4.69) is 0 Å². The third-order valence-electron chi connectivity index (χ3n) is 10.9. The molecule has 0 saturated carbocycles. The number of aliphatic hydroxyl groups is 8. The van der Waals surface area contributed by atoms with Crippen LogP contribution >= 0.6 is 0 Å². The zero-order chi connectivity index (χ0) is 46.3. The molecule has 7 rings (SSSR count). The quantitative estimate of drug-likeness (QED) is 0.0477. The number of rotatable bonds is 11. The highest BCUT2D eigenvalue weighted by atomic mass is 16.8. The fraction of sp³-hybridized carbons (Fsp3) is 0.429. The van der Waals surface area contributed by atoms with Gasteiger partial charge in [0.1, 0.15) is 89.8 Å². The zero-order valence-corrected chi connectivity index (χ0v) is 33.7. The molecule has 346 valence electrons. The van der Waals surface area contributed by atoms with Gasteiger partial charge in [-0.25, -0.2) is 4.79 Å². The molecule has 0 bridgehead atoms. The van der Waals surface area contributed by atoms with Gasteiger partial charge in [0.2, 0.25) is 23.8 Å². The summed E-state index contributed by atoms with van der Waals surface area (Å²) in [5.41, 5.74) is -0.943. The Morgan fingerprint density at radius 3 is 1.98 bits per heavy atom. The van der Waals surface area contributed by atoms with Crippen LogP contribution in [0.1, 0.15) is 19.4 Å². The minimum absolute atomic E-state index is 0.105. The highest BCUT2D eigenvalue weighted by Crippen LogP contribution is 2.39. The summed E-state index contributed by atoms with van der Waals surface area (Å²) in [5, 5.41) is 125. The number of carbonyl (C=O) groups is 1. The summed E-state index contributed by atoms with van der Waals surface area (Å²) in [6, 6.07) is 11.1. The lowest BCUT2D eigenvalue weighted by molar-refractivity contribution is -0.355. The summed E-state index contributed by atoms with van der Waals surface area (Å²) >= 11 is 0. The number of phenols is 4. The van der Waals surface area contributed by atoms with Crippen molar-refractivity contribution in [3.8, 4) is 45.8 Å². The normalized spacial score (nSPS) is 33.2. The largest absolute Gasteiger partial charge is 0.508 e. The molecule has 15 atom stereocenters. The SMILES string of the molecule is C[C@@H]1O[C@@H](Oc2cc(O)c3c(=O)c(O[C@@H]4O[C@@H](C)[C@H](O)[C@@H](O)[C@H]4O[C@@H]4O[C@H](COC(=O)/C=C/c5ccc(O)c(O)c5)[C@H](O)[C@@H](O)[C@H]4O)c(-c4ccc(O)cc4)oc3c2)[C@H](O)[C@H](O)[C@H]1O. The summed E-state index contributed by atoms with van der Waals surface area (Å²) in [4.78, 5) is 26.9. The number of phenolic OH excluding ortho intramolecular Hbond substituents is 4. The smallest absolute Gasteiger partial charge is 0.330 e. The molecule has 0 amide bonds. The van der Waals surface area contributed by atoms with Crippen LogP contribution in [0.3, 0.4) is 0 Å². The molecule has 4 aromatic rings. The van der Waals surface area contributed by atoms with E-state index >= 15 is 0 Å². The Balaban J connectivity index is 1.17. The van der Waals surface area contributed by atoms with Crippen molar-refractivity contribution in [1.29, 1.82) is 0 Å². The van der Waals surface area contributed by atoms with Crippen molar-refractivity contribution >= 4 is 23.0 Å². The summed E-state index contributed by atoms with van der Waals surface area (Å²) in [6.07, 6.45) is -23.2. The number of hydrogen-bond donors (Lipinski definition) is 12. The molecule has 3 aliphatic heterocycles. The van der Waals surface area contributed by atoms with Crippen LogP contribution in [0.2, 0.25) is 0 Å². The van der Waals surface area contributed by atoms with Crippen LogP contribution in [0.15, 0.2) is 69.9 Å². The minimum Gasteiger partial charge on any atom is -0.508 e. The Morgan fingerprint density at radius 2 is 1.30 bits per heavy atom. The maximum atomic E-state index is 14.4. The summed E-state index contributed by atoms with van der Waals surface area (Å²) < 4.78 is 45.9. The van der Waals surface area contributed by atoms with Crippen molar-refractivity contribution in [2.75, 3.05) is 6.61 Å². The van der Waals surface area contributed by atoms with Gasteiger partial charge in [-0.05, 0) is 61.9 Å². The van der Waals surface area contributed by atoms with E-state index in [1.807, 2.05) is 0 Å².